The van der Waals surface area contributed by atoms with E-state index in [-0.39, 0.29) is 0 Å². The molecule has 0 N–H and O–H groups in total. The fraction of sp³-hybridized carbons (Fsp3) is 0.0870. The van der Waals surface area contributed by atoms with E-state index in [0.717, 1.165) is 40.1 Å². The van der Waals surface area contributed by atoms with Crippen molar-refractivity contribution in [3.05, 3.63) is 152 Å². The monoisotopic (exact) mass is 755 g/mol. The Bertz CT molecular complexity index is 2490. The summed E-state index contributed by atoms with van der Waals surface area (Å²) < 4.78 is 13.9. The minimum absolute atomic E-state index is 0.932. The lowest BCUT2D eigenvalue weighted by Crippen LogP contribution is -2.56. The van der Waals surface area contributed by atoms with Crippen LogP contribution in [-0.4, -0.2) is 16.1 Å². The Morgan fingerprint density at radius 1 is 0.434 bits per heavy atom. The summed E-state index contributed by atoms with van der Waals surface area (Å²) in [5.41, 5.74) is 5.53. The van der Waals surface area contributed by atoms with Crippen LogP contribution in [0.3, 0.4) is 0 Å². The molecule has 258 valence electrons. The molecule has 0 atom stereocenters. The van der Waals surface area contributed by atoms with Gasteiger partial charge in [-0.3, -0.25) is 0 Å². The van der Waals surface area contributed by atoms with Crippen LogP contribution >= 0.6 is 23.5 Å². The molecule has 3 nitrogen and oxygen atoms in total. The molecule has 0 saturated carbocycles. The smallest absolute Gasteiger partial charge is 0.151 e. The summed E-state index contributed by atoms with van der Waals surface area (Å²) in [7, 11) is -4.17. The highest BCUT2D eigenvalue weighted by molar-refractivity contribution is 8.05. The normalized spacial score (nSPS) is 15.2. The van der Waals surface area contributed by atoms with Crippen LogP contribution < -0.4 is 35.1 Å². The molecule has 0 spiro atoms. The quantitative estimate of drug-likeness (QED) is 0.166. The zero-order valence-electron chi connectivity index (χ0n) is 30.0. The van der Waals surface area contributed by atoms with Gasteiger partial charge in [-0.1, -0.05) is 147 Å². The van der Waals surface area contributed by atoms with Crippen LogP contribution in [0.5, 0.6) is 23.0 Å². The molecule has 53 heavy (non-hydrogen) atoms. The Morgan fingerprint density at radius 2 is 0.906 bits per heavy atom. The zero-order chi connectivity index (χ0) is 35.9. The number of nitrogens with zero attached hydrogens (tertiary/aromatic N) is 1. The molecule has 0 aromatic heterocycles. The maximum absolute atomic E-state index is 6.95. The van der Waals surface area contributed by atoms with Crippen LogP contribution in [0.4, 0.5) is 17.1 Å². The average molecular weight is 756 g/mol. The lowest BCUT2D eigenvalue weighted by atomic mass is 10.0. The molecule has 0 unspecified atom stereocenters. The number of para-hydroxylation sites is 4. The van der Waals surface area contributed by atoms with Gasteiger partial charge in [0.2, 0.25) is 0 Å². The molecule has 0 saturated heterocycles. The predicted molar refractivity (Wildman–Crippen MR) is 228 cm³/mol. The van der Waals surface area contributed by atoms with Crippen LogP contribution in [0, 0.1) is 0 Å². The van der Waals surface area contributed by atoms with Gasteiger partial charge >= 0.3 is 0 Å². The molecule has 3 heterocycles. The summed E-state index contributed by atoms with van der Waals surface area (Å²) in [5, 5.41) is 5.25. The van der Waals surface area contributed by atoms with E-state index in [4.69, 9.17) is 9.47 Å². The molecule has 0 fully saturated rings. The van der Waals surface area contributed by atoms with Crippen molar-refractivity contribution in [1.29, 1.82) is 0 Å². The molecule has 10 rings (SSSR count). The molecular formula is C46H37NO2S2Si2. The highest BCUT2D eigenvalue weighted by atomic mass is 32.2. The first-order valence-electron chi connectivity index (χ1n) is 18.1. The van der Waals surface area contributed by atoms with Crippen molar-refractivity contribution < 1.29 is 9.47 Å². The second kappa shape index (κ2) is 12.3. The minimum Gasteiger partial charge on any atom is -0.455 e. The minimum atomic E-state index is -2.08. The molecule has 0 bridgehead atoms. The third-order valence-corrected chi connectivity index (χ3v) is 20.7. The van der Waals surface area contributed by atoms with Crippen LogP contribution in [0.25, 0.3) is 11.1 Å². The molecule has 7 aromatic rings. The Balaban J connectivity index is 1.15. The van der Waals surface area contributed by atoms with Gasteiger partial charge in [0.1, 0.15) is 27.6 Å². The molecule has 0 radical (unpaired) electrons. The van der Waals surface area contributed by atoms with Crippen molar-refractivity contribution in [2.75, 3.05) is 4.90 Å². The molecule has 7 aromatic carbocycles. The van der Waals surface area contributed by atoms with E-state index in [1.807, 2.05) is 23.5 Å². The van der Waals surface area contributed by atoms with E-state index in [2.05, 4.69) is 183 Å². The first-order valence-corrected chi connectivity index (χ1v) is 25.7. The molecule has 0 amide bonds. The van der Waals surface area contributed by atoms with Crippen LogP contribution in [0.2, 0.25) is 26.2 Å². The van der Waals surface area contributed by atoms with Crippen LogP contribution in [0.1, 0.15) is 0 Å². The summed E-state index contributed by atoms with van der Waals surface area (Å²) >= 11 is 3.73. The topological polar surface area (TPSA) is 21.7 Å². The molecule has 3 aliphatic rings. The van der Waals surface area contributed by atoms with Gasteiger partial charge in [0.25, 0.3) is 0 Å². The summed E-state index contributed by atoms with van der Waals surface area (Å²) in [6.45, 7) is 9.74. The Labute approximate surface area is 321 Å². The number of fused-ring (bicyclic) bond motifs is 6. The van der Waals surface area contributed by atoms with Gasteiger partial charge in [-0.15, -0.1) is 0 Å². The van der Waals surface area contributed by atoms with Gasteiger partial charge in [-0.05, 0) is 86.5 Å². The average Bonchev–Trinajstić information content (AvgIpc) is 3.18. The van der Waals surface area contributed by atoms with E-state index in [1.54, 1.807) is 0 Å². The maximum atomic E-state index is 6.95. The first kappa shape index (κ1) is 32.7. The van der Waals surface area contributed by atoms with E-state index >= 15 is 0 Å². The van der Waals surface area contributed by atoms with Crippen molar-refractivity contribution in [3.63, 3.8) is 0 Å². The van der Waals surface area contributed by atoms with Crippen molar-refractivity contribution in [2.45, 2.75) is 45.8 Å². The third-order valence-electron chi connectivity index (χ3n) is 11.1. The standard InChI is InChI=1S/C46H37NO2S2Si2/c1-52(2)40-22-9-5-17-35(40)48-44-33(15-12-24-42(44)52)47(34-16-13-25-43-45(34)49-36-18-6-10-23-41(36)53(43,3)4)31-28-26-30(27-29-31)32-14-11-21-39-46(32)51-38-20-8-7-19-37(38)50-39/h5-29H,1-4H3. The number of anilines is 3. The summed E-state index contributed by atoms with van der Waals surface area (Å²) in [4.78, 5) is 7.62. The molecule has 7 heteroatoms. The summed E-state index contributed by atoms with van der Waals surface area (Å²) in [6.07, 6.45) is 0. The van der Waals surface area contributed by atoms with Crippen molar-refractivity contribution in [2.24, 2.45) is 0 Å². The number of ether oxygens (including phenoxy) is 2. The van der Waals surface area contributed by atoms with Crippen LogP contribution in [0.15, 0.2) is 171 Å². The van der Waals surface area contributed by atoms with Gasteiger partial charge < -0.3 is 14.4 Å². The first-order chi connectivity index (χ1) is 25.8. The molecule has 3 aliphatic heterocycles. The van der Waals surface area contributed by atoms with E-state index < -0.39 is 16.1 Å². The predicted octanol–water partition coefficient (Wildman–Crippen LogP) is 11.3. The number of hydrogen-bond donors (Lipinski definition) is 0. The summed E-state index contributed by atoms with van der Waals surface area (Å²) in [5.74, 6) is 3.78. The highest BCUT2D eigenvalue weighted by Gasteiger charge is 2.41. The number of rotatable bonds is 4. The van der Waals surface area contributed by atoms with E-state index in [0.29, 0.717) is 0 Å². The van der Waals surface area contributed by atoms with Gasteiger partial charge in [-0.25, -0.2) is 0 Å². The van der Waals surface area contributed by atoms with Gasteiger partial charge in [-0.2, -0.15) is 0 Å². The largest absolute Gasteiger partial charge is 0.455 e. The second-order valence-electron chi connectivity index (χ2n) is 14.9. The van der Waals surface area contributed by atoms with Gasteiger partial charge in [0.15, 0.2) is 11.5 Å². The fourth-order valence-corrected chi connectivity index (χ4v) is 16.3. The van der Waals surface area contributed by atoms with Gasteiger partial charge in [0.05, 0.1) is 11.4 Å². The van der Waals surface area contributed by atoms with Crippen LogP contribution in [-0.2, 0) is 0 Å². The number of benzene rings is 7. The van der Waals surface area contributed by atoms with E-state index in [1.165, 1.54) is 51.5 Å². The third kappa shape index (κ3) is 5.17. The van der Waals surface area contributed by atoms with Gasteiger partial charge in [0, 0.05) is 25.3 Å². The Kier molecular flexibility index (Phi) is 7.60. The molecular weight excluding hydrogens is 719 g/mol. The van der Waals surface area contributed by atoms with Crippen molar-refractivity contribution in [3.8, 4) is 34.1 Å². The summed E-state index contributed by atoms with van der Waals surface area (Å²) in [6, 6.07) is 55.0. The van der Waals surface area contributed by atoms with Crippen molar-refractivity contribution in [1.82, 2.24) is 0 Å². The lowest BCUT2D eigenvalue weighted by molar-refractivity contribution is 0.484. The fourth-order valence-electron chi connectivity index (χ4n) is 8.23. The Hall–Kier alpha value is -4.93. The SMILES string of the molecule is C[Si]1(C)c2ccccc2Oc2c(N(c3ccc(-c4cccc5c4Sc4ccccc4S5)cc3)c3cccc4c3Oc3ccccc3[Si]4(C)C)cccc21. The molecule has 0 aliphatic carbocycles. The lowest BCUT2D eigenvalue weighted by Gasteiger charge is -2.38. The second-order valence-corrected chi connectivity index (χ2v) is 25.7. The number of hydrogen-bond acceptors (Lipinski definition) is 5. The van der Waals surface area contributed by atoms with E-state index in [9.17, 15) is 0 Å². The maximum Gasteiger partial charge on any atom is 0.151 e. The zero-order valence-corrected chi connectivity index (χ0v) is 33.6. The Morgan fingerprint density at radius 3 is 1.49 bits per heavy atom. The highest BCUT2D eigenvalue weighted by Crippen LogP contribution is 2.52. The van der Waals surface area contributed by atoms with Crippen molar-refractivity contribution >= 4 is 77.5 Å².